The van der Waals surface area contributed by atoms with Crippen molar-refractivity contribution in [2.75, 3.05) is 44.5 Å². The maximum atomic E-state index is 13.2. The Morgan fingerprint density at radius 1 is 1.26 bits per heavy atom. The van der Waals surface area contributed by atoms with Crippen LogP contribution in [0.25, 0.3) is 11.0 Å². The quantitative estimate of drug-likeness (QED) is 0.546. The number of nitrogens with two attached hydrogens (primary N) is 1. The molecule has 188 valence electrons. The van der Waals surface area contributed by atoms with Crippen molar-refractivity contribution in [1.29, 1.82) is 0 Å². The second-order valence-corrected chi connectivity index (χ2v) is 11.8. The molecule has 0 spiro atoms. The van der Waals surface area contributed by atoms with Gasteiger partial charge >= 0.3 is 0 Å². The number of amides is 1. The Bertz CT molecular complexity index is 1090. The van der Waals surface area contributed by atoms with Crippen LogP contribution < -0.4 is 10.6 Å². The standard InChI is InChI=1S/C23H36N6O4S/c1-28(21-19-7-11-25-20(19)26-16-27-21)18-5-3-17(4-6-18)15-34(31,32)29-12-8-23(9-13-29,22(24)30)10-14-33-2/h7,11,16-18H,3-6,8-10,12-15H2,1-2H3,(H2,24,30)(H,25,26,27). The van der Waals surface area contributed by atoms with E-state index in [0.29, 0.717) is 45.0 Å². The van der Waals surface area contributed by atoms with Gasteiger partial charge < -0.3 is 20.4 Å². The Morgan fingerprint density at radius 3 is 2.62 bits per heavy atom. The molecule has 11 heteroatoms. The van der Waals surface area contributed by atoms with Crippen LogP contribution in [0.15, 0.2) is 18.6 Å². The van der Waals surface area contributed by atoms with Gasteiger partial charge in [-0.15, -0.1) is 0 Å². The number of hydrogen-bond acceptors (Lipinski definition) is 7. The molecule has 1 aliphatic heterocycles. The summed E-state index contributed by atoms with van der Waals surface area (Å²) in [7, 11) is 0.268. The summed E-state index contributed by atoms with van der Waals surface area (Å²) < 4.78 is 33.0. The highest BCUT2D eigenvalue weighted by Gasteiger charge is 2.42. The molecule has 3 heterocycles. The SMILES string of the molecule is COCCC1(C(N)=O)CCN(S(=O)(=O)CC2CCC(N(C)c3ncnc4[nH]ccc34)CC2)CC1. The Labute approximate surface area is 201 Å². The lowest BCUT2D eigenvalue weighted by Gasteiger charge is -2.40. The van der Waals surface area contributed by atoms with Crippen molar-refractivity contribution in [3.63, 3.8) is 0 Å². The lowest BCUT2D eigenvalue weighted by atomic mass is 9.76. The molecule has 1 amide bonds. The first-order chi connectivity index (χ1) is 16.3. The van der Waals surface area contributed by atoms with Gasteiger partial charge in [-0.05, 0) is 56.9 Å². The maximum Gasteiger partial charge on any atom is 0.223 e. The molecular formula is C23H36N6O4S. The highest BCUT2D eigenvalue weighted by Crippen LogP contribution is 2.37. The largest absolute Gasteiger partial charge is 0.385 e. The summed E-state index contributed by atoms with van der Waals surface area (Å²) in [5.41, 5.74) is 5.82. The number of aromatic amines is 1. The third kappa shape index (κ3) is 5.06. The van der Waals surface area contributed by atoms with Gasteiger partial charge in [-0.3, -0.25) is 4.79 Å². The van der Waals surface area contributed by atoms with Gasteiger partial charge in [0.2, 0.25) is 15.9 Å². The Hall–Kier alpha value is -2.24. The minimum Gasteiger partial charge on any atom is -0.385 e. The second-order valence-electron chi connectivity index (χ2n) is 9.79. The fraction of sp³-hybridized carbons (Fsp3) is 0.696. The average molecular weight is 493 g/mol. The lowest BCUT2D eigenvalue weighted by Crippen LogP contribution is -2.50. The summed E-state index contributed by atoms with van der Waals surface area (Å²) in [6.45, 7) is 1.12. The minimum atomic E-state index is -3.38. The fourth-order valence-electron chi connectivity index (χ4n) is 5.52. The zero-order valence-corrected chi connectivity index (χ0v) is 20.9. The lowest BCUT2D eigenvalue weighted by molar-refractivity contribution is -0.131. The van der Waals surface area contributed by atoms with Crippen LogP contribution in [-0.4, -0.2) is 79.2 Å². The predicted octanol–water partition coefficient (Wildman–Crippen LogP) is 1.89. The van der Waals surface area contributed by atoms with E-state index in [1.54, 1.807) is 17.7 Å². The average Bonchev–Trinajstić information content (AvgIpc) is 3.32. The molecule has 10 nitrogen and oxygen atoms in total. The number of rotatable bonds is 9. The van der Waals surface area contributed by atoms with Crippen LogP contribution in [-0.2, 0) is 19.6 Å². The van der Waals surface area contributed by atoms with Gasteiger partial charge in [0.15, 0.2) is 0 Å². The molecule has 0 atom stereocenters. The van der Waals surface area contributed by atoms with Crippen molar-refractivity contribution in [2.24, 2.45) is 17.1 Å². The molecule has 2 aromatic heterocycles. The van der Waals surface area contributed by atoms with Crippen LogP contribution in [0, 0.1) is 11.3 Å². The summed E-state index contributed by atoms with van der Waals surface area (Å²) >= 11 is 0. The second kappa shape index (κ2) is 10.2. The number of fused-ring (bicyclic) bond motifs is 1. The number of aromatic nitrogens is 3. The summed E-state index contributed by atoms with van der Waals surface area (Å²) in [5.74, 6) is 0.857. The first-order valence-electron chi connectivity index (χ1n) is 12.0. The number of ether oxygens (including phenoxy) is 1. The van der Waals surface area contributed by atoms with Gasteiger partial charge in [-0.25, -0.2) is 22.7 Å². The molecule has 0 bridgehead atoms. The number of hydrogen-bond donors (Lipinski definition) is 2. The number of carbonyl (C=O) groups is 1. The predicted molar refractivity (Wildman–Crippen MR) is 131 cm³/mol. The molecule has 0 unspecified atom stereocenters. The van der Waals surface area contributed by atoms with Crippen molar-refractivity contribution < 1.29 is 17.9 Å². The van der Waals surface area contributed by atoms with Crippen molar-refractivity contribution in [3.8, 4) is 0 Å². The molecule has 2 aliphatic rings. The van der Waals surface area contributed by atoms with E-state index in [0.717, 1.165) is 42.5 Å². The van der Waals surface area contributed by atoms with E-state index in [1.807, 2.05) is 12.3 Å². The number of sulfonamides is 1. The molecule has 3 N–H and O–H groups in total. The number of nitrogens with zero attached hydrogens (tertiary/aromatic N) is 4. The fourth-order valence-corrected chi connectivity index (χ4v) is 7.40. The molecule has 2 aromatic rings. The van der Waals surface area contributed by atoms with E-state index in [9.17, 15) is 13.2 Å². The minimum absolute atomic E-state index is 0.142. The number of H-pyrrole nitrogens is 1. The molecule has 0 radical (unpaired) electrons. The zero-order valence-electron chi connectivity index (χ0n) is 20.1. The first-order valence-corrected chi connectivity index (χ1v) is 13.6. The van der Waals surface area contributed by atoms with Crippen molar-refractivity contribution in [2.45, 2.75) is 51.0 Å². The van der Waals surface area contributed by atoms with Gasteiger partial charge in [0.05, 0.1) is 16.6 Å². The smallest absolute Gasteiger partial charge is 0.223 e. The van der Waals surface area contributed by atoms with E-state index in [4.69, 9.17) is 10.5 Å². The van der Waals surface area contributed by atoms with Crippen molar-refractivity contribution >= 4 is 32.8 Å². The van der Waals surface area contributed by atoms with Gasteiger partial charge in [-0.2, -0.15) is 0 Å². The van der Waals surface area contributed by atoms with Crippen LogP contribution in [0.1, 0.15) is 44.9 Å². The topological polar surface area (TPSA) is 135 Å². The van der Waals surface area contributed by atoms with Crippen LogP contribution in [0.5, 0.6) is 0 Å². The number of anilines is 1. The molecule has 34 heavy (non-hydrogen) atoms. The van der Waals surface area contributed by atoms with Crippen LogP contribution in [0.3, 0.4) is 0 Å². The molecular weight excluding hydrogens is 456 g/mol. The number of methoxy groups -OCH3 is 1. The van der Waals surface area contributed by atoms with Gasteiger partial charge in [0.1, 0.15) is 17.8 Å². The van der Waals surface area contributed by atoms with Crippen LogP contribution in [0.4, 0.5) is 5.82 Å². The first kappa shape index (κ1) is 24.9. The molecule has 2 fully saturated rings. The molecule has 1 aliphatic carbocycles. The van der Waals surface area contributed by atoms with Gasteiger partial charge in [-0.1, -0.05) is 0 Å². The summed E-state index contributed by atoms with van der Waals surface area (Å²) in [4.78, 5) is 26.2. The number of piperidine rings is 1. The highest BCUT2D eigenvalue weighted by molar-refractivity contribution is 7.89. The van der Waals surface area contributed by atoms with Gasteiger partial charge in [0.25, 0.3) is 0 Å². The Balaban J connectivity index is 1.31. The van der Waals surface area contributed by atoms with E-state index in [-0.39, 0.29) is 17.6 Å². The van der Waals surface area contributed by atoms with Crippen molar-refractivity contribution in [1.82, 2.24) is 19.3 Å². The highest BCUT2D eigenvalue weighted by atomic mass is 32.2. The monoisotopic (exact) mass is 492 g/mol. The number of nitrogens with one attached hydrogen (secondary N) is 1. The normalized spacial score (nSPS) is 23.7. The number of primary amides is 1. The van der Waals surface area contributed by atoms with Crippen LogP contribution in [0.2, 0.25) is 0 Å². The van der Waals surface area contributed by atoms with Gasteiger partial charge in [0, 0.05) is 46.1 Å². The van der Waals surface area contributed by atoms with E-state index in [2.05, 4.69) is 26.9 Å². The molecule has 1 saturated carbocycles. The third-order valence-electron chi connectivity index (χ3n) is 7.86. The van der Waals surface area contributed by atoms with E-state index >= 15 is 0 Å². The van der Waals surface area contributed by atoms with Crippen LogP contribution >= 0.6 is 0 Å². The zero-order chi connectivity index (χ0) is 24.3. The summed E-state index contributed by atoms with van der Waals surface area (Å²) in [6, 6.07) is 2.30. The Kier molecular flexibility index (Phi) is 7.44. The third-order valence-corrected chi connectivity index (χ3v) is 9.90. The number of carbonyl (C=O) groups excluding carboxylic acids is 1. The van der Waals surface area contributed by atoms with E-state index < -0.39 is 15.4 Å². The molecule has 1 saturated heterocycles. The van der Waals surface area contributed by atoms with Crippen molar-refractivity contribution in [3.05, 3.63) is 18.6 Å². The maximum absolute atomic E-state index is 13.2. The van der Waals surface area contributed by atoms with E-state index in [1.165, 1.54) is 0 Å². The Morgan fingerprint density at radius 2 is 1.97 bits per heavy atom. The molecule has 0 aromatic carbocycles. The summed E-state index contributed by atoms with van der Waals surface area (Å²) in [6.07, 6.45) is 8.46. The summed E-state index contributed by atoms with van der Waals surface area (Å²) in [5, 5.41) is 0.998. The molecule has 4 rings (SSSR count).